The summed E-state index contributed by atoms with van der Waals surface area (Å²) in [5.41, 5.74) is 1.11. The predicted octanol–water partition coefficient (Wildman–Crippen LogP) is 3.26. The van der Waals surface area contributed by atoms with Gasteiger partial charge < -0.3 is 9.84 Å². The van der Waals surface area contributed by atoms with E-state index in [0.717, 1.165) is 12.0 Å². The fourth-order valence-electron chi connectivity index (χ4n) is 2.81. The van der Waals surface area contributed by atoms with Gasteiger partial charge in [-0.3, -0.25) is 4.79 Å². The highest BCUT2D eigenvalue weighted by molar-refractivity contribution is 14.1. The van der Waals surface area contributed by atoms with E-state index in [1.807, 2.05) is 19.9 Å². The van der Waals surface area contributed by atoms with Crippen molar-refractivity contribution in [3.05, 3.63) is 23.8 Å². The minimum atomic E-state index is -0.516. The molecule has 0 saturated carbocycles. The molecule has 3 nitrogen and oxygen atoms in total. The molecule has 0 unspecified atom stereocenters. The van der Waals surface area contributed by atoms with E-state index < -0.39 is 6.10 Å². The Kier molecular flexibility index (Phi) is 5.29. The lowest BCUT2D eigenvalue weighted by Gasteiger charge is -2.40. The number of aliphatic hydroxyl groups is 1. The zero-order valence-corrected chi connectivity index (χ0v) is 14.4. The topological polar surface area (TPSA) is 46.5 Å². The lowest BCUT2D eigenvalue weighted by molar-refractivity contribution is -0.157. The molecular weight excluding hydrogens is 367 g/mol. The molecule has 4 heteroatoms. The number of allylic oxidation sites excluding steroid dienone is 2. The molecular formula is C16H23IO3. The SMILES string of the molecule is CC[C@H](C)C(=O)O[C@H]1C[C@H](O)C=C2C=C[C@H](C)[C@H](I)[C@H]21. The van der Waals surface area contributed by atoms with Crippen molar-refractivity contribution in [3.63, 3.8) is 0 Å². The van der Waals surface area contributed by atoms with Gasteiger partial charge in [-0.2, -0.15) is 0 Å². The smallest absolute Gasteiger partial charge is 0.308 e. The first-order chi connectivity index (χ1) is 9.43. The van der Waals surface area contributed by atoms with Crippen molar-refractivity contribution >= 4 is 28.6 Å². The van der Waals surface area contributed by atoms with Crippen LogP contribution < -0.4 is 0 Å². The van der Waals surface area contributed by atoms with E-state index in [0.29, 0.717) is 16.3 Å². The number of rotatable bonds is 3. The number of alkyl halides is 1. The first-order valence-corrected chi connectivity index (χ1v) is 8.61. The van der Waals surface area contributed by atoms with Crippen molar-refractivity contribution in [2.75, 3.05) is 0 Å². The van der Waals surface area contributed by atoms with Crippen LogP contribution in [0.15, 0.2) is 23.8 Å². The van der Waals surface area contributed by atoms with Gasteiger partial charge >= 0.3 is 5.97 Å². The number of hydrogen-bond acceptors (Lipinski definition) is 3. The highest BCUT2D eigenvalue weighted by atomic mass is 127. The summed E-state index contributed by atoms with van der Waals surface area (Å²) in [6.07, 6.45) is 6.73. The normalized spacial score (nSPS) is 37.9. The van der Waals surface area contributed by atoms with Crippen molar-refractivity contribution in [1.82, 2.24) is 0 Å². The van der Waals surface area contributed by atoms with Crippen LogP contribution in [0.3, 0.4) is 0 Å². The zero-order chi connectivity index (χ0) is 14.9. The monoisotopic (exact) mass is 390 g/mol. The number of aliphatic hydroxyl groups excluding tert-OH is 1. The van der Waals surface area contributed by atoms with Crippen LogP contribution >= 0.6 is 22.6 Å². The first kappa shape index (κ1) is 16.0. The molecule has 20 heavy (non-hydrogen) atoms. The van der Waals surface area contributed by atoms with Crippen molar-refractivity contribution in [2.45, 2.75) is 49.7 Å². The molecule has 0 fully saturated rings. The van der Waals surface area contributed by atoms with Crippen LogP contribution in [-0.4, -0.2) is 27.2 Å². The van der Waals surface area contributed by atoms with Crippen molar-refractivity contribution < 1.29 is 14.6 Å². The number of carbonyl (C=O) groups excluding carboxylic acids is 1. The summed E-state index contributed by atoms with van der Waals surface area (Å²) in [6.45, 7) is 6.06. The Balaban J connectivity index is 2.19. The van der Waals surface area contributed by atoms with Gasteiger partial charge in [0.25, 0.3) is 0 Å². The van der Waals surface area contributed by atoms with E-state index in [4.69, 9.17) is 4.74 Å². The van der Waals surface area contributed by atoms with Gasteiger partial charge in [-0.1, -0.05) is 61.6 Å². The molecule has 0 aromatic heterocycles. The molecule has 112 valence electrons. The fraction of sp³-hybridized carbons (Fsp3) is 0.688. The van der Waals surface area contributed by atoms with Crippen molar-refractivity contribution in [3.8, 4) is 0 Å². The van der Waals surface area contributed by atoms with E-state index in [1.165, 1.54) is 0 Å². The Morgan fingerprint density at radius 3 is 2.95 bits per heavy atom. The quantitative estimate of drug-likeness (QED) is 0.457. The first-order valence-electron chi connectivity index (χ1n) is 7.36. The molecule has 1 N–H and O–H groups in total. The number of ether oxygens (including phenoxy) is 1. The molecule has 0 bridgehead atoms. The van der Waals surface area contributed by atoms with Crippen LogP contribution in [-0.2, 0) is 9.53 Å². The molecule has 0 saturated heterocycles. The number of esters is 1. The largest absolute Gasteiger partial charge is 0.461 e. The number of hydrogen-bond donors (Lipinski definition) is 1. The van der Waals surface area contributed by atoms with Gasteiger partial charge in [0.15, 0.2) is 0 Å². The summed E-state index contributed by atoms with van der Waals surface area (Å²) >= 11 is 2.45. The molecule has 6 atom stereocenters. The maximum absolute atomic E-state index is 12.1. The van der Waals surface area contributed by atoms with Gasteiger partial charge in [-0.15, -0.1) is 0 Å². The average Bonchev–Trinajstić information content (AvgIpc) is 2.41. The van der Waals surface area contributed by atoms with E-state index in [1.54, 1.807) is 0 Å². The minimum absolute atomic E-state index is 0.0780. The van der Waals surface area contributed by atoms with E-state index >= 15 is 0 Å². The Labute approximate surface area is 134 Å². The van der Waals surface area contributed by atoms with Gasteiger partial charge in [0.2, 0.25) is 0 Å². The van der Waals surface area contributed by atoms with Crippen LogP contribution in [0, 0.1) is 17.8 Å². The molecule has 0 radical (unpaired) electrons. The van der Waals surface area contributed by atoms with Crippen LogP contribution in [0.4, 0.5) is 0 Å². The number of carbonyl (C=O) groups is 1. The zero-order valence-electron chi connectivity index (χ0n) is 12.3. The molecule has 0 amide bonds. The Morgan fingerprint density at radius 2 is 2.30 bits per heavy atom. The second kappa shape index (κ2) is 6.60. The maximum atomic E-state index is 12.1. The molecule has 2 rings (SSSR count). The Morgan fingerprint density at radius 1 is 1.60 bits per heavy atom. The molecule has 0 aliphatic heterocycles. The molecule has 0 heterocycles. The van der Waals surface area contributed by atoms with Gasteiger partial charge in [-0.05, 0) is 17.9 Å². The molecule has 0 aromatic rings. The molecule has 2 aliphatic rings. The fourth-order valence-corrected chi connectivity index (χ4v) is 3.92. The summed E-state index contributed by atoms with van der Waals surface area (Å²) in [7, 11) is 0. The maximum Gasteiger partial charge on any atom is 0.308 e. The second-order valence-corrected chi connectivity index (χ2v) is 7.38. The van der Waals surface area contributed by atoms with E-state index in [-0.39, 0.29) is 23.9 Å². The predicted molar refractivity (Wildman–Crippen MR) is 87.6 cm³/mol. The van der Waals surface area contributed by atoms with Crippen molar-refractivity contribution in [2.24, 2.45) is 17.8 Å². The van der Waals surface area contributed by atoms with Crippen molar-refractivity contribution in [1.29, 1.82) is 0 Å². The molecule has 0 spiro atoms. The van der Waals surface area contributed by atoms with E-state index in [9.17, 15) is 9.90 Å². The Hall–Kier alpha value is -0.360. The number of halogens is 1. The standard InChI is InChI=1S/C16H23IO3/c1-4-9(2)16(19)20-13-8-12(18)7-11-6-5-10(3)15(17)14(11)13/h5-7,9-10,12-15,18H,4,8H2,1-3H3/t9-,10-,12+,13-,14+,15-/m0/s1. The Bertz CT molecular complexity index is 429. The lowest BCUT2D eigenvalue weighted by atomic mass is 9.75. The third kappa shape index (κ3) is 3.27. The highest BCUT2D eigenvalue weighted by Crippen LogP contribution is 2.41. The molecule has 0 aromatic carbocycles. The van der Waals surface area contributed by atoms with Gasteiger partial charge in [-0.25, -0.2) is 0 Å². The second-order valence-electron chi connectivity index (χ2n) is 5.94. The van der Waals surface area contributed by atoms with Gasteiger partial charge in [0.1, 0.15) is 6.10 Å². The minimum Gasteiger partial charge on any atom is -0.461 e. The summed E-state index contributed by atoms with van der Waals surface area (Å²) in [6, 6.07) is 0. The van der Waals surface area contributed by atoms with Crippen LogP contribution in [0.2, 0.25) is 0 Å². The third-order valence-corrected chi connectivity index (χ3v) is 6.27. The van der Waals surface area contributed by atoms with Gasteiger partial charge in [0, 0.05) is 16.3 Å². The number of fused-ring (bicyclic) bond motifs is 1. The summed E-state index contributed by atoms with van der Waals surface area (Å²) < 4.78 is 6.12. The summed E-state index contributed by atoms with van der Waals surface area (Å²) in [5.74, 6) is 0.437. The third-order valence-electron chi connectivity index (χ3n) is 4.36. The van der Waals surface area contributed by atoms with E-state index in [2.05, 4.69) is 41.7 Å². The van der Waals surface area contributed by atoms with Crippen LogP contribution in [0.1, 0.15) is 33.6 Å². The van der Waals surface area contributed by atoms with Gasteiger partial charge in [0.05, 0.1) is 12.0 Å². The summed E-state index contributed by atoms with van der Waals surface area (Å²) in [4.78, 5) is 12.1. The lowest BCUT2D eigenvalue weighted by Crippen LogP contribution is -2.43. The van der Waals surface area contributed by atoms with Crippen LogP contribution in [0.25, 0.3) is 0 Å². The van der Waals surface area contributed by atoms with Crippen LogP contribution in [0.5, 0.6) is 0 Å². The highest BCUT2D eigenvalue weighted by Gasteiger charge is 2.41. The average molecular weight is 390 g/mol. The summed E-state index contributed by atoms with van der Waals surface area (Å²) in [5, 5.41) is 9.98. The molecule has 2 aliphatic carbocycles.